The Kier molecular flexibility index (Phi) is 5.71. The molecule has 192 valence electrons. The molecule has 0 spiro atoms. The second-order valence-electron chi connectivity index (χ2n) is 10.7. The number of likely N-dealkylation sites (N-methyl/N-ethyl adjacent to an activating group) is 1. The van der Waals surface area contributed by atoms with Gasteiger partial charge in [-0.3, -0.25) is 0 Å². The van der Waals surface area contributed by atoms with Gasteiger partial charge in [-0.1, -0.05) is 17.7 Å². The lowest BCUT2D eigenvalue weighted by molar-refractivity contribution is 0.188. The van der Waals surface area contributed by atoms with E-state index in [0.717, 1.165) is 67.6 Å². The van der Waals surface area contributed by atoms with E-state index >= 15 is 4.39 Å². The van der Waals surface area contributed by atoms with Gasteiger partial charge in [-0.25, -0.2) is 4.39 Å². The summed E-state index contributed by atoms with van der Waals surface area (Å²) in [6.45, 7) is 3.25. The molecule has 2 aromatic carbocycles. The lowest BCUT2D eigenvalue weighted by atomic mass is 10.0. The molecular formula is C28H30ClFN6O. The minimum absolute atomic E-state index is 0.242. The van der Waals surface area contributed by atoms with Crippen molar-refractivity contribution in [1.82, 2.24) is 25.2 Å². The van der Waals surface area contributed by atoms with Gasteiger partial charge in [0.05, 0.1) is 0 Å². The van der Waals surface area contributed by atoms with Crippen molar-refractivity contribution < 1.29 is 9.13 Å². The number of nitrogens with zero attached hydrogens (tertiary/aromatic N) is 4. The predicted octanol–water partition coefficient (Wildman–Crippen LogP) is 4.98. The third-order valence-electron chi connectivity index (χ3n) is 8.29. The average molecular weight is 521 g/mol. The minimum atomic E-state index is -0.372. The van der Waals surface area contributed by atoms with E-state index in [1.165, 1.54) is 0 Å². The summed E-state index contributed by atoms with van der Waals surface area (Å²) in [6.07, 6.45) is 6.38. The van der Waals surface area contributed by atoms with E-state index < -0.39 is 0 Å². The molecule has 2 aromatic heterocycles. The van der Waals surface area contributed by atoms with Gasteiger partial charge in [0.25, 0.3) is 0 Å². The molecule has 3 aliphatic heterocycles. The van der Waals surface area contributed by atoms with Crippen molar-refractivity contribution in [3.63, 3.8) is 0 Å². The Labute approximate surface area is 220 Å². The molecule has 3 fully saturated rings. The first kappa shape index (κ1) is 23.2. The molecule has 2 N–H and O–H groups in total. The number of aromatic nitrogens is 3. The van der Waals surface area contributed by atoms with Crippen molar-refractivity contribution in [3.8, 4) is 17.1 Å². The van der Waals surface area contributed by atoms with Crippen LogP contribution in [0.3, 0.4) is 0 Å². The molecule has 4 aromatic rings. The molecule has 0 unspecified atom stereocenters. The molecule has 0 aliphatic carbocycles. The maximum atomic E-state index is 16.3. The molecule has 5 heterocycles. The lowest BCUT2D eigenvalue weighted by Crippen LogP contribution is -2.51. The molecule has 7 rings (SSSR count). The van der Waals surface area contributed by atoms with Crippen LogP contribution >= 0.6 is 11.6 Å². The van der Waals surface area contributed by atoms with Gasteiger partial charge in [-0.15, -0.1) is 0 Å². The van der Waals surface area contributed by atoms with Gasteiger partial charge >= 0.3 is 6.01 Å². The van der Waals surface area contributed by atoms with Gasteiger partial charge < -0.3 is 24.8 Å². The lowest BCUT2D eigenvalue weighted by Gasteiger charge is -2.34. The van der Waals surface area contributed by atoms with E-state index in [1.807, 2.05) is 36.5 Å². The molecule has 0 radical (unpaired) electrons. The number of nitrogens with one attached hydrogen (secondary N) is 2. The highest BCUT2D eigenvalue weighted by Gasteiger charge is 2.34. The minimum Gasteiger partial charge on any atom is -0.462 e. The number of piperazine rings is 1. The fourth-order valence-corrected chi connectivity index (χ4v) is 6.46. The number of likely N-dealkylation sites (tertiary alicyclic amines) is 1. The van der Waals surface area contributed by atoms with Crippen LogP contribution in [0.4, 0.5) is 10.2 Å². The zero-order valence-corrected chi connectivity index (χ0v) is 21.6. The van der Waals surface area contributed by atoms with Crippen molar-refractivity contribution in [3.05, 3.63) is 47.4 Å². The Morgan fingerprint density at radius 2 is 1.89 bits per heavy atom. The van der Waals surface area contributed by atoms with E-state index in [0.29, 0.717) is 46.2 Å². The van der Waals surface area contributed by atoms with Crippen LogP contribution < -0.4 is 15.0 Å². The topological polar surface area (TPSA) is 69.3 Å². The molecule has 9 heteroatoms. The number of H-pyrrole nitrogens is 1. The van der Waals surface area contributed by atoms with E-state index in [4.69, 9.17) is 21.3 Å². The molecule has 2 bridgehead atoms. The molecule has 0 amide bonds. The third-order valence-corrected chi connectivity index (χ3v) is 8.53. The summed E-state index contributed by atoms with van der Waals surface area (Å²) < 4.78 is 22.5. The molecule has 37 heavy (non-hydrogen) atoms. The van der Waals surface area contributed by atoms with E-state index in [-0.39, 0.29) is 11.8 Å². The first-order valence-electron chi connectivity index (χ1n) is 13.1. The second kappa shape index (κ2) is 9.11. The van der Waals surface area contributed by atoms with Crippen molar-refractivity contribution in [2.45, 2.75) is 43.8 Å². The van der Waals surface area contributed by atoms with E-state index in [9.17, 15) is 0 Å². The van der Waals surface area contributed by atoms with Crippen molar-refractivity contribution >= 4 is 39.2 Å². The van der Waals surface area contributed by atoms with Crippen LogP contribution in [0.1, 0.15) is 25.7 Å². The van der Waals surface area contributed by atoms with Crippen LogP contribution in [0.2, 0.25) is 5.02 Å². The summed E-state index contributed by atoms with van der Waals surface area (Å²) in [5, 5.41) is 5.87. The first-order chi connectivity index (χ1) is 18.0. The van der Waals surface area contributed by atoms with Crippen molar-refractivity contribution in [2.24, 2.45) is 0 Å². The van der Waals surface area contributed by atoms with Gasteiger partial charge in [-0.2, -0.15) is 9.97 Å². The largest absolute Gasteiger partial charge is 0.462 e. The highest BCUT2D eigenvalue weighted by Crippen LogP contribution is 2.38. The number of hydrogen-bond donors (Lipinski definition) is 2. The molecular weight excluding hydrogens is 491 g/mol. The summed E-state index contributed by atoms with van der Waals surface area (Å²) in [4.78, 5) is 17.3. The van der Waals surface area contributed by atoms with Crippen LogP contribution in [-0.2, 0) is 0 Å². The van der Waals surface area contributed by atoms with Crippen molar-refractivity contribution in [1.29, 1.82) is 0 Å². The van der Waals surface area contributed by atoms with Crippen LogP contribution in [-0.4, -0.2) is 71.3 Å². The Morgan fingerprint density at radius 1 is 1.05 bits per heavy atom. The second-order valence-corrected chi connectivity index (χ2v) is 11.1. The number of anilines is 1. The summed E-state index contributed by atoms with van der Waals surface area (Å²) in [6, 6.07) is 10.8. The number of halogens is 2. The highest BCUT2D eigenvalue weighted by atomic mass is 35.5. The standard InChI is InChI=1S/C28H30ClFN6O/c1-35-10-2-3-19(35)15-37-28-33-26-21(27(34-28)36-13-17-5-6-18(14-36)32-17)8-7-20(25(26)30)23-12-31-24-9-4-16(29)11-22(23)24/h4,7-9,11-12,17-19,31-32H,2-3,5-6,10,13-15H2,1H3/t17-,18+,19-/m0/s1. The highest BCUT2D eigenvalue weighted by molar-refractivity contribution is 6.31. The van der Waals surface area contributed by atoms with Gasteiger partial charge in [0.2, 0.25) is 0 Å². The van der Waals surface area contributed by atoms with E-state index in [1.54, 1.807) is 0 Å². The van der Waals surface area contributed by atoms with Gasteiger partial charge in [0, 0.05) is 69.9 Å². The molecule has 0 saturated carbocycles. The maximum Gasteiger partial charge on any atom is 0.319 e. The van der Waals surface area contributed by atoms with E-state index in [2.05, 4.69) is 32.1 Å². The number of fused-ring (bicyclic) bond motifs is 4. The van der Waals surface area contributed by atoms with Crippen LogP contribution in [0, 0.1) is 5.82 Å². The number of aromatic amines is 1. The number of ether oxygens (including phenoxy) is 1. The van der Waals surface area contributed by atoms with Gasteiger partial charge in [-0.05, 0) is 63.5 Å². The number of hydrogen-bond acceptors (Lipinski definition) is 6. The number of rotatable bonds is 5. The Morgan fingerprint density at radius 3 is 2.68 bits per heavy atom. The zero-order chi connectivity index (χ0) is 25.1. The van der Waals surface area contributed by atoms with Gasteiger partial charge in [0.1, 0.15) is 17.9 Å². The SMILES string of the molecule is CN1CCC[C@H]1COc1nc(N2C[C@H]3CC[C@@H](C2)N3)c2ccc(-c3c[nH]c4ccc(Cl)cc34)c(F)c2n1. The quantitative estimate of drug-likeness (QED) is 0.386. The molecule has 3 saturated heterocycles. The van der Waals surface area contributed by atoms with Crippen LogP contribution in [0.25, 0.3) is 32.9 Å². The van der Waals surface area contributed by atoms with Crippen LogP contribution in [0.15, 0.2) is 36.5 Å². The first-order valence-corrected chi connectivity index (χ1v) is 13.5. The molecule has 3 atom stereocenters. The Balaban J connectivity index is 1.33. The third kappa shape index (κ3) is 4.11. The van der Waals surface area contributed by atoms with Gasteiger partial charge in [0.15, 0.2) is 5.82 Å². The monoisotopic (exact) mass is 520 g/mol. The Hall–Kier alpha value is -2.94. The summed E-state index contributed by atoms with van der Waals surface area (Å²) >= 11 is 6.27. The Bertz CT molecular complexity index is 1480. The number of benzene rings is 2. The normalized spacial score (nSPS) is 24.0. The van der Waals surface area contributed by atoms with Crippen molar-refractivity contribution in [2.75, 3.05) is 38.2 Å². The maximum absolute atomic E-state index is 16.3. The average Bonchev–Trinajstić information content (AvgIpc) is 3.60. The predicted molar refractivity (Wildman–Crippen MR) is 145 cm³/mol. The fourth-order valence-electron chi connectivity index (χ4n) is 6.29. The molecule has 7 nitrogen and oxygen atoms in total. The summed E-state index contributed by atoms with van der Waals surface area (Å²) in [7, 11) is 2.11. The molecule has 3 aliphatic rings. The zero-order valence-electron chi connectivity index (χ0n) is 20.8. The fraction of sp³-hybridized carbons (Fsp3) is 0.429. The smallest absolute Gasteiger partial charge is 0.319 e. The summed E-state index contributed by atoms with van der Waals surface area (Å²) in [5.41, 5.74) is 2.43. The summed E-state index contributed by atoms with van der Waals surface area (Å²) in [5.74, 6) is 0.383. The van der Waals surface area contributed by atoms with Crippen LogP contribution in [0.5, 0.6) is 6.01 Å².